The van der Waals surface area contributed by atoms with Gasteiger partial charge in [0.2, 0.25) is 5.88 Å². The number of fused-ring (bicyclic) bond motifs is 1. The topological polar surface area (TPSA) is 127 Å². The molecule has 3 aromatic rings. The number of aromatic nitrogens is 3. The van der Waals surface area contributed by atoms with Crippen molar-refractivity contribution in [2.75, 3.05) is 25.0 Å². The number of amides is 1. The Morgan fingerprint density at radius 2 is 1.89 bits per heavy atom. The molecule has 1 saturated heterocycles. The number of hydrogen-bond acceptors (Lipinski definition) is 8. The van der Waals surface area contributed by atoms with Crippen LogP contribution in [0.3, 0.4) is 0 Å². The second-order valence-electron chi connectivity index (χ2n) is 14.0. The molecule has 0 radical (unpaired) electrons. The molecule has 3 aliphatic carbocycles. The molecule has 0 unspecified atom stereocenters. The van der Waals surface area contributed by atoms with E-state index in [1.165, 1.54) is 37.8 Å². The number of benzene rings is 1. The van der Waals surface area contributed by atoms with Crippen LogP contribution in [0.4, 0.5) is 5.82 Å². The highest BCUT2D eigenvalue weighted by molar-refractivity contribution is 7.90. The highest BCUT2D eigenvalue weighted by atomic mass is 35.5. The minimum atomic E-state index is -4.23. The highest BCUT2D eigenvalue weighted by Crippen LogP contribution is 2.93. The van der Waals surface area contributed by atoms with Crippen LogP contribution in [0.2, 0.25) is 5.02 Å². The number of anilines is 1. The zero-order valence-electron chi connectivity index (χ0n) is 25.8. The Kier molecular flexibility index (Phi) is 7.64. The third kappa shape index (κ3) is 6.06. The van der Waals surface area contributed by atoms with Crippen molar-refractivity contribution in [3.05, 3.63) is 59.2 Å². The van der Waals surface area contributed by atoms with Crippen LogP contribution >= 0.6 is 11.6 Å². The Balaban J connectivity index is 0.911. The fourth-order valence-electron chi connectivity index (χ4n) is 7.99. The molecule has 12 heteroatoms. The number of carbonyl (C=O) groups is 1. The molecule has 3 N–H and O–H groups in total. The van der Waals surface area contributed by atoms with Gasteiger partial charge in [-0.15, -0.1) is 5.10 Å². The number of nitrogens with one attached hydrogen (secondary N) is 3. The number of carbonyl (C=O) groups excluding carboxylic acids is 1. The molecule has 2 spiro atoms. The molecule has 3 heterocycles. The van der Waals surface area contributed by atoms with Crippen LogP contribution in [-0.2, 0) is 10.0 Å². The van der Waals surface area contributed by atoms with Gasteiger partial charge in [-0.3, -0.25) is 4.79 Å². The van der Waals surface area contributed by atoms with Gasteiger partial charge in [0.25, 0.3) is 15.9 Å². The van der Waals surface area contributed by atoms with Crippen molar-refractivity contribution in [1.29, 1.82) is 0 Å². The average molecular weight is 653 g/mol. The highest BCUT2D eigenvalue weighted by Gasteiger charge is 2.85. The number of halogens is 1. The molecule has 45 heavy (non-hydrogen) atoms. The van der Waals surface area contributed by atoms with Gasteiger partial charge in [-0.2, -0.15) is 8.42 Å². The number of pyridine rings is 1. The van der Waals surface area contributed by atoms with Gasteiger partial charge in [0.1, 0.15) is 5.82 Å². The number of nitrogens with zero attached hydrogens (tertiary/aromatic N) is 3. The van der Waals surface area contributed by atoms with Gasteiger partial charge in [-0.1, -0.05) is 17.7 Å². The van der Waals surface area contributed by atoms with Gasteiger partial charge >= 0.3 is 0 Å². The first-order chi connectivity index (χ1) is 21.5. The van der Waals surface area contributed by atoms with E-state index in [4.69, 9.17) is 16.3 Å². The largest absolute Gasteiger partial charge is 0.477 e. The Morgan fingerprint density at radius 1 is 1.11 bits per heavy atom. The van der Waals surface area contributed by atoms with E-state index >= 15 is 0 Å². The standard InChI is InChI=1S/C33H41ClN6O4S/c1-31(2)20-22(21-36-31)5-4-16-35-27-6-3-7-29(37-27)45(42,43)39-30(41)24-9-8-23(19-25(24)34)40-17-10-28(38-40)44-18-11-26-32(12-13-32)33(26)14-15-33/h3,6-10,17,19,22,26,36H,4-5,11-16,18,20-21H2,1-2H3,(H,35,37)(H,39,41)/t22-/m0/s1. The summed E-state index contributed by atoms with van der Waals surface area (Å²) < 4.78 is 35.8. The average Bonchev–Trinajstić information content (AvgIpc) is 3.95. The fourth-order valence-corrected chi connectivity index (χ4v) is 9.18. The molecule has 240 valence electrons. The lowest BCUT2D eigenvalue weighted by Crippen LogP contribution is -2.31. The van der Waals surface area contributed by atoms with Crippen LogP contribution in [0.1, 0.15) is 75.6 Å². The van der Waals surface area contributed by atoms with Crippen molar-refractivity contribution in [3.63, 3.8) is 0 Å². The SMILES string of the molecule is CC1(C)C[C@H](CCCNc2cccc(S(=O)(=O)NC(=O)c3ccc(-n4ccc(OCCC5C6(CC6)C56CC6)n4)cc3Cl)n2)CN1. The molecule has 4 fully saturated rings. The van der Waals surface area contributed by atoms with Crippen LogP contribution in [0.15, 0.2) is 53.7 Å². The van der Waals surface area contributed by atoms with E-state index in [-0.39, 0.29) is 21.2 Å². The van der Waals surface area contributed by atoms with Gasteiger partial charge < -0.3 is 15.4 Å². The van der Waals surface area contributed by atoms with Crippen LogP contribution in [0, 0.1) is 22.7 Å². The summed E-state index contributed by atoms with van der Waals surface area (Å²) in [6.45, 7) is 6.79. The summed E-state index contributed by atoms with van der Waals surface area (Å²) in [5, 5.41) is 11.1. The molecule has 7 rings (SSSR count). The minimum Gasteiger partial charge on any atom is -0.477 e. The Bertz CT molecular complexity index is 1700. The fraction of sp³-hybridized carbons (Fsp3) is 0.545. The lowest BCUT2D eigenvalue weighted by Gasteiger charge is -2.17. The molecule has 1 atom stereocenters. The summed E-state index contributed by atoms with van der Waals surface area (Å²) in [7, 11) is -4.23. The normalized spacial score (nSPS) is 22.0. The van der Waals surface area contributed by atoms with E-state index in [1.807, 2.05) is 0 Å². The molecule has 2 aromatic heterocycles. The van der Waals surface area contributed by atoms with Gasteiger partial charge in [0.15, 0.2) is 5.03 Å². The summed E-state index contributed by atoms with van der Waals surface area (Å²) in [5.41, 5.74) is 2.17. The summed E-state index contributed by atoms with van der Waals surface area (Å²) in [4.78, 5) is 17.2. The zero-order valence-corrected chi connectivity index (χ0v) is 27.4. The van der Waals surface area contributed by atoms with Crippen molar-refractivity contribution < 1.29 is 17.9 Å². The smallest absolute Gasteiger partial charge is 0.281 e. The van der Waals surface area contributed by atoms with Crippen LogP contribution in [0.25, 0.3) is 5.69 Å². The maximum atomic E-state index is 13.0. The number of hydrogen-bond donors (Lipinski definition) is 3. The molecule has 4 aliphatic rings. The number of rotatable bonds is 13. The summed E-state index contributed by atoms with van der Waals surface area (Å²) in [6, 6.07) is 11.2. The third-order valence-corrected chi connectivity index (χ3v) is 12.0. The predicted octanol–water partition coefficient (Wildman–Crippen LogP) is 5.58. The maximum Gasteiger partial charge on any atom is 0.281 e. The van der Waals surface area contributed by atoms with E-state index in [0.717, 1.165) is 38.1 Å². The first-order valence-corrected chi connectivity index (χ1v) is 17.9. The Morgan fingerprint density at radius 3 is 2.58 bits per heavy atom. The van der Waals surface area contributed by atoms with Crippen molar-refractivity contribution in [1.82, 2.24) is 24.8 Å². The van der Waals surface area contributed by atoms with Crippen molar-refractivity contribution in [3.8, 4) is 11.6 Å². The molecule has 0 bridgehead atoms. The lowest BCUT2D eigenvalue weighted by molar-refractivity contribution is 0.0981. The van der Waals surface area contributed by atoms with Crippen molar-refractivity contribution in [2.24, 2.45) is 22.7 Å². The molecule has 1 aliphatic heterocycles. The van der Waals surface area contributed by atoms with Crippen LogP contribution in [-0.4, -0.2) is 54.3 Å². The maximum absolute atomic E-state index is 13.0. The minimum absolute atomic E-state index is 0.0268. The van der Waals surface area contributed by atoms with E-state index in [2.05, 4.69) is 39.3 Å². The summed E-state index contributed by atoms with van der Waals surface area (Å²) in [5.74, 6) is 1.59. The van der Waals surface area contributed by atoms with Gasteiger partial charge in [0.05, 0.1) is 22.9 Å². The molecular weight excluding hydrogens is 612 g/mol. The summed E-state index contributed by atoms with van der Waals surface area (Å²) >= 11 is 6.45. The molecule has 1 amide bonds. The third-order valence-electron chi connectivity index (χ3n) is 10.5. The lowest BCUT2D eigenvalue weighted by atomic mass is 9.94. The van der Waals surface area contributed by atoms with Crippen molar-refractivity contribution in [2.45, 2.75) is 75.8 Å². The zero-order chi connectivity index (χ0) is 31.5. The van der Waals surface area contributed by atoms with Gasteiger partial charge in [-0.05, 0) is 125 Å². The Hall–Kier alpha value is -3.15. The van der Waals surface area contributed by atoms with E-state index in [9.17, 15) is 13.2 Å². The quantitative estimate of drug-likeness (QED) is 0.204. The molecule has 1 aromatic carbocycles. The Labute approximate surface area is 269 Å². The summed E-state index contributed by atoms with van der Waals surface area (Å²) in [6.07, 6.45) is 11.6. The number of sulfonamides is 1. The van der Waals surface area contributed by atoms with E-state index in [0.29, 0.717) is 47.3 Å². The second kappa shape index (κ2) is 11.3. The molecule has 10 nitrogen and oxygen atoms in total. The molecular formula is C33H41ClN6O4S. The van der Waals surface area contributed by atoms with E-state index in [1.54, 1.807) is 41.2 Å². The monoisotopic (exact) mass is 652 g/mol. The van der Waals surface area contributed by atoms with Gasteiger partial charge in [-0.25, -0.2) is 14.4 Å². The van der Waals surface area contributed by atoms with Gasteiger partial charge in [0, 0.05) is 24.3 Å². The second-order valence-corrected chi connectivity index (χ2v) is 16.0. The predicted molar refractivity (Wildman–Crippen MR) is 172 cm³/mol. The van der Waals surface area contributed by atoms with Crippen LogP contribution < -0.4 is 20.1 Å². The first kappa shape index (κ1) is 30.5. The van der Waals surface area contributed by atoms with E-state index < -0.39 is 15.9 Å². The van der Waals surface area contributed by atoms with Crippen molar-refractivity contribution >= 4 is 33.3 Å². The number of ether oxygens (including phenoxy) is 1. The van der Waals surface area contributed by atoms with Crippen LogP contribution in [0.5, 0.6) is 5.88 Å². The molecule has 3 saturated carbocycles. The first-order valence-electron chi connectivity index (χ1n) is 16.0.